The summed E-state index contributed by atoms with van der Waals surface area (Å²) in [5.41, 5.74) is 0.609. The number of carbonyl (C=O) groups is 2. The molecule has 2 aromatic carbocycles. The van der Waals surface area contributed by atoms with Gasteiger partial charge in [-0.15, -0.1) is 0 Å². The molecule has 5 nitrogen and oxygen atoms in total. The molecule has 0 saturated carbocycles. The second kappa shape index (κ2) is 11.3. The van der Waals surface area contributed by atoms with Gasteiger partial charge in [-0.2, -0.15) is 0 Å². The number of carbonyl (C=O) groups excluding carboxylic acids is 2. The molecule has 1 N–H and O–H groups in total. The Balaban J connectivity index is 2.02. The summed E-state index contributed by atoms with van der Waals surface area (Å²) in [6.07, 6.45) is 0.714. The fourth-order valence-corrected chi connectivity index (χ4v) is 3.38. The van der Waals surface area contributed by atoms with Crippen molar-refractivity contribution >= 4 is 46.6 Å². The highest BCUT2D eigenvalue weighted by Crippen LogP contribution is 2.27. The van der Waals surface area contributed by atoms with Crippen LogP contribution in [0.25, 0.3) is 0 Å². The van der Waals surface area contributed by atoms with Gasteiger partial charge in [0.2, 0.25) is 11.8 Å². The molecule has 0 aliphatic rings. The number of benzene rings is 2. The second-order valence-electron chi connectivity index (χ2n) is 6.42. The molecule has 0 fully saturated rings. The van der Waals surface area contributed by atoms with E-state index in [1.54, 1.807) is 49.4 Å². The molecule has 0 aliphatic carbocycles. The van der Waals surface area contributed by atoms with Gasteiger partial charge in [-0.3, -0.25) is 9.59 Å². The van der Waals surface area contributed by atoms with Crippen LogP contribution < -0.4 is 10.1 Å². The van der Waals surface area contributed by atoms with Crippen molar-refractivity contribution in [3.63, 3.8) is 0 Å². The Labute approximate surface area is 185 Å². The van der Waals surface area contributed by atoms with Crippen molar-refractivity contribution in [1.82, 2.24) is 10.2 Å². The lowest BCUT2D eigenvalue weighted by molar-refractivity contribution is -0.140. The van der Waals surface area contributed by atoms with Crippen molar-refractivity contribution in [1.29, 1.82) is 0 Å². The zero-order valence-corrected chi connectivity index (χ0v) is 18.5. The summed E-state index contributed by atoms with van der Waals surface area (Å²) in [5, 5.41) is 4.10. The van der Waals surface area contributed by atoms with Crippen LogP contribution in [0.4, 0.5) is 0 Å². The van der Waals surface area contributed by atoms with Gasteiger partial charge in [0, 0.05) is 40.6 Å². The maximum atomic E-state index is 12.9. The van der Waals surface area contributed by atoms with E-state index in [1.165, 1.54) is 11.9 Å². The molecule has 0 aromatic heterocycles. The lowest BCUT2D eigenvalue weighted by Gasteiger charge is -2.29. The molecule has 2 amide bonds. The van der Waals surface area contributed by atoms with E-state index >= 15 is 0 Å². The monoisotopic (exact) mass is 456 g/mol. The number of nitrogens with one attached hydrogen (secondary N) is 1. The molecule has 0 heterocycles. The highest BCUT2D eigenvalue weighted by molar-refractivity contribution is 6.36. The van der Waals surface area contributed by atoms with Crippen molar-refractivity contribution in [2.24, 2.45) is 0 Å². The van der Waals surface area contributed by atoms with Crippen molar-refractivity contribution in [3.8, 4) is 5.75 Å². The summed E-state index contributed by atoms with van der Waals surface area (Å²) >= 11 is 18.3. The molecule has 0 saturated heterocycles. The van der Waals surface area contributed by atoms with Gasteiger partial charge >= 0.3 is 0 Å². The molecule has 2 rings (SSSR count). The van der Waals surface area contributed by atoms with Crippen LogP contribution in [-0.4, -0.2) is 36.4 Å². The fourth-order valence-electron chi connectivity index (χ4n) is 2.73. The first-order valence-corrected chi connectivity index (χ1v) is 10.3. The van der Waals surface area contributed by atoms with Gasteiger partial charge in [0.1, 0.15) is 11.8 Å². The Morgan fingerprint density at radius 2 is 1.69 bits per heavy atom. The number of hydrogen-bond donors (Lipinski definition) is 1. The van der Waals surface area contributed by atoms with Gasteiger partial charge in [-0.05, 0) is 49.7 Å². The van der Waals surface area contributed by atoms with E-state index in [0.29, 0.717) is 39.4 Å². The first kappa shape index (κ1) is 23.3. The van der Waals surface area contributed by atoms with E-state index in [9.17, 15) is 9.59 Å². The van der Waals surface area contributed by atoms with Crippen LogP contribution in [0.3, 0.4) is 0 Å². The summed E-state index contributed by atoms with van der Waals surface area (Å²) in [6, 6.07) is 11.5. The van der Waals surface area contributed by atoms with Crippen LogP contribution in [0.15, 0.2) is 42.5 Å². The predicted molar refractivity (Wildman–Crippen MR) is 117 cm³/mol. The van der Waals surface area contributed by atoms with Crippen LogP contribution in [0.2, 0.25) is 15.1 Å². The van der Waals surface area contributed by atoms with Gasteiger partial charge in [-0.25, -0.2) is 0 Å². The lowest BCUT2D eigenvalue weighted by atomic mass is 10.1. The molecule has 0 bridgehead atoms. The highest BCUT2D eigenvalue weighted by Gasteiger charge is 2.26. The topological polar surface area (TPSA) is 58.6 Å². The lowest BCUT2D eigenvalue weighted by Crippen LogP contribution is -2.46. The molecule has 8 heteroatoms. The molecule has 1 atom stereocenters. The van der Waals surface area contributed by atoms with Crippen molar-refractivity contribution in [2.45, 2.75) is 32.4 Å². The van der Waals surface area contributed by atoms with Crippen molar-refractivity contribution in [3.05, 3.63) is 63.1 Å². The Bertz CT molecular complexity index is 823. The standard InChI is InChI=1S/C21H23Cl3N2O3/c1-14(21(28)25-2)26(13-17-18(23)5-3-6-19(17)24)20(27)7-4-12-29-16-10-8-15(22)9-11-16/h3,5-6,8-11,14H,4,7,12-13H2,1-2H3,(H,25,28)/t14-/m0/s1. The largest absolute Gasteiger partial charge is 0.494 e. The molecular weight excluding hydrogens is 435 g/mol. The van der Waals surface area contributed by atoms with E-state index in [-0.39, 0.29) is 24.8 Å². The van der Waals surface area contributed by atoms with Gasteiger partial charge in [0.25, 0.3) is 0 Å². The quantitative estimate of drug-likeness (QED) is 0.541. The Kier molecular flexibility index (Phi) is 9.08. The molecule has 0 aliphatic heterocycles. The summed E-state index contributed by atoms with van der Waals surface area (Å²) in [5.74, 6) is 0.232. The fraction of sp³-hybridized carbons (Fsp3) is 0.333. The number of halogens is 3. The minimum Gasteiger partial charge on any atom is -0.494 e. The van der Waals surface area contributed by atoms with Gasteiger partial charge in [0.05, 0.1) is 6.61 Å². The third-order valence-electron chi connectivity index (χ3n) is 4.42. The first-order chi connectivity index (χ1) is 13.8. The number of amides is 2. The minimum atomic E-state index is -0.669. The van der Waals surface area contributed by atoms with Gasteiger partial charge < -0.3 is 15.0 Å². The summed E-state index contributed by atoms with van der Waals surface area (Å²) in [4.78, 5) is 26.5. The van der Waals surface area contributed by atoms with Crippen LogP contribution in [0, 0.1) is 0 Å². The summed E-state index contributed by atoms with van der Waals surface area (Å²) < 4.78 is 5.63. The van der Waals surface area contributed by atoms with Gasteiger partial charge in [0.15, 0.2) is 0 Å². The molecule has 2 aromatic rings. The van der Waals surface area contributed by atoms with E-state index in [4.69, 9.17) is 39.5 Å². The smallest absolute Gasteiger partial charge is 0.242 e. The first-order valence-electron chi connectivity index (χ1n) is 9.15. The second-order valence-corrected chi connectivity index (χ2v) is 7.67. The molecular formula is C21H23Cl3N2O3. The normalized spacial score (nSPS) is 11.6. The van der Waals surface area contributed by atoms with Crippen LogP contribution in [0.5, 0.6) is 5.75 Å². The SMILES string of the molecule is CNC(=O)[C@H](C)N(Cc1c(Cl)cccc1Cl)C(=O)CCCOc1ccc(Cl)cc1. The van der Waals surface area contributed by atoms with E-state index in [1.807, 2.05) is 0 Å². The molecule has 0 radical (unpaired) electrons. The third-order valence-corrected chi connectivity index (χ3v) is 5.38. The Morgan fingerprint density at radius 1 is 1.07 bits per heavy atom. The van der Waals surface area contributed by atoms with Crippen molar-refractivity contribution < 1.29 is 14.3 Å². The zero-order valence-electron chi connectivity index (χ0n) is 16.3. The highest BCUT2D eigenvalue weighted by atomic mass is 35.5. The van der Waals surface area contributed by atoms with Crippen LogP contribution in [-0.2, 0) is 16.1 Å². The van der Waals surface area contributed by atoms with Crippen LogP contribution >= 0.6 is 34.8 Å². The third kappa shape index (κ3) is 6.81. The molecule has 0 unspecified atom stereocenters. The average Bonchev–Trinajstić information content (AvgIpc) is 2.71. The predicted octanol–water partition coefficient (Wildman–Crippen LogP) is 4.97. The van der Waals surface area contributed by atoms with Gasteiger partial charge in [-0.1, -0.05) is 40.9 Å². The zero-order chi connectivity index (χ0) is 21.4. The summed E-state index contributed by atoms with van der Waals surface area (Å²) in [7, 11) is 1.53. The average molecular weight is 458 g/mol. The number of rotatable bonds is 9. The number of ether oxygens (including phenoxy) is 1. The number of nitrogens with zero attached hydrogens (tertiary/aromatic N) is 1. The minimum absolute atomic E-state index is 0.143. The van der Waals surface area contributed by atoms with E-state index < -0.39 is 6.04 Å². The molecule has 156 valence electrons. The summed E-state index contributed by atoms with van der Waals surface area (Å²) in [6.45, 7) is 2.18. The van der Waals surface area contributed by atoms with E-state index in [0.717, 1.165) is 0 Å². The number of likely N-dealkylation sites (N-methyl/N-ethyl adjacent to an activating group) is 1. The molecule has 0 spiro atoms. The maximum Gasteiger partial charge on any atom is 0.242 e. The van der Waals surface area contributed by atoms with Crippen molar-refractivity contribution in [2.75, 3.05) is 13.7 Å². The van der Waals surface area contributed by atoms with E-state index in [2.05, 4.69) is 5.32 Å². The number of hydrogen-bond acceptors (Lipinski definition) is 3. The maximum absolute atomic E-state index is 12.9. The van der Waals surface area contributed by atoms with Crippen LogP contribution in [0.1, 0.15) is 25.3 Å². The Hall–Kier alpha value is -1.95. The Morgan fingerprint density at radius 3 is 2.28 bits per heavy atom. The molecule has 29 heavy (non-hydrogen) atoms.